The van der Waals surface area contributed by atoms with E-state index >= 15 is 0 Å². The lowest BCUT2D eigenvalue weighted by molar-refractivity contribution is -0.133. The van der Waals surface area contributed by atoms with Gasteiger partial charge in [-0.05, 0) is 11.6 Å². The van der Waals surface area contributed by atoms with Gasteiger partial charge >= 0.3 is 5.97 Å². The molecule has 0 fully saturated rings. The molecular formula is C21H21NO5. The number of fused-ring (bicyclic) bond motifs is 1. The second kappa shape index (κ2) is 8.51. The first-order valence-electron chi connectivity index (χ1n) is 8.54. The minimum absolute atomic E-state index is 0.0663. The summed E-state index contributed by atoms with van der Waals surface area (Å²) in [6.07, 6.45) is 0. The number of hydrogen-bond donors (Lipinski definition) is 0. The molecule has 1 aromatic heterocycles. The fourth-order valence-corrected chi connectivity index (χ4v) is 2.80. The van der Waals surface area contributed by atoms with Crippen molar-refractivity contribution in [2.24, 2.45) is 0 Å². The fourth-order valence-electron chi connectivity index (χ4n) is 2.80. The lowest BCUT2D eigenvalue weighted by Gasteiger charge is -2.17. The molecule has 2 aromatic carbocycles. The number of carbonyl (C=O) groups is 2. The Labute approximate surface area is 157 Å². The predicted octanol–water partition coefficient (Wildman–Crippen LogP) is 3.39. The van der Waals surface area contributed by atoms with Gasteiger partial charge in [0.2, 0.25) is 5.76 Å². The highest BCUT2D eigenvalue weighted by atomic mass is 16.5. The SMILES string of the molecule is COCc1c(C(=O)OCC(=O)N(C)Cc2ccccc2)oc2ccccc12. The van der Waals surface area contributed by atoms with Crippen molar-refractivity contribution in [2.75, 3.05) is 20.8 Å². The monoisotopic (exact) mass is 367 g/mol. The Hall–Kier alpha value is -3.12. The van der Waals surface area contributed by atoms with Gasteiger partial charge in [0.1, 0.15) is 5.58 Å². The van der Waals surface area contributed by atoms with Crippen LogP contribution in [0.2, 0.25) is 0 Å². The third-order valence-electron chi connectivity index (χ3n) is 4.19. The molecule has 1 heterocycles. The van der Waals surface area contributed by atoms with Gasteiger partial charge in [-0.2, -0.15) is 0 Å². The highest BCUT2D eigenvalue weighted by Gasteiger charge is 2.23. The number of nitrogens with zero attached hydrogens (tertiary/aromatic N) is 1. The number of hydrogen-bond acceptors (Lipinski definition) is 5. The van der Waals surface area contributed by atoms with Crippen LogP contribution in [0.25, 0.3) is 11.0 Å². The van der Waals surface area contributed by atoms with E-state index in [-0.39, 0.29) is 24.9 Å². The number of rotatable bonds is 7. The van der Waals surface area contributed by atoms with E-state index in [0.717, 1.165) is 10.9 Å². The van der Waals surface area contributed by atoms with Crippen molar-refractivity contribution in [3.63, 3.8) is 0 Å². The Kier molecular flexibility index (Phi) is 5.88. The van der Waals surface area contributed by atoms with Gasteiger partial charge < -0.3 is 18.8 Å². The van der Waals surface area contributed by atoms with E-state index in [1.54, 1.807) is 20.2 Å². The maximum atomic E-state index is 12.5. The zero-order chi connectivity index (χ0) is 19.2. The van der Waals surface area contributed by atoms with Gasteiger partial charge in [0.25, 0.3) is 5.91 Å². The number of methoxy groups -OCH3 is 1. The van der Waals surface area contributed by atoms with Gasteiger partial charge in [-0.3, -0.25) is 4.79 Å². The maximum absolute atomic E-state index is 12.5. The van der Waals surface area contributed by atoms with Gasteiger partial charge in [-0.15, -0.1) is 0 Å². The first kappa shape index (κ1) is 18.7. The van der Waals surface area contributed by atoms with E-state index in [4.69, 9.17) is 13.9 Å². The van der Waals surface area contributed by atoms with Crippen molar-refractivity contribution in [1.29, 1.82) is 0 Å². The predicted molar refractivity (Wildman–Crippen MR) is 100 cm³/mol. The van der Waals surface area contributed by atoms with Crippen molar-refractivity contribution in [3.05, 3.63) is 71.5 Å². The second-order valence-electron chi connectivity index (χ2n) is 6.15. The van der Waals surface area contributed by atoms with Crippen LogP contribution in [0.3, 0.4) is 0 Å². The summed E-state index contributed by atoms with van der Waals surface area (Å²) in [4.78, 5) is 26.2. The molecule has 6 nitrogen and oxygen atoms in total. The highest BCUT2D eigenvalue weighted by Crippen LogP contribution is 2.27. The van der Waals surface area contributed by atoms with Crippen LogP contribution in [0, 0.1) is 0 Å². The molecule has 3 aromatic rings. The smallest absolute Gasteiger partial charge is 0.375 e. The average Bonchev–Trinajstić information content (AvgIpc) is 3.05. The van der Waals surface area contributed by atoms with E-state index in [9.17, 15) is 9.59 Å². The lowest BCUT2D eigenvalue weighted by Crippen LogP contribution is -2.30. The minimum Gasteiger partial charge on any atom is -0.450 e. The second-order valence-corrected chi connectivity index (χ2v) is 6.15. The number of benzene rings is 2. The first-order valence-corrected chi connectivity index (χ1v) is 8.54. The molecule has 140 valence electrons. The van der Waals surface area contributed by atoms with Gasteiger partial charge in [0.05, 0.1) is 6.61 Å². The Morgan fingerprint density at radius 3 is 2.48 bits per heavy atom. The average molecular weight is 367 g/mol. The Balaban J connectivity index is 1.66. The van der Waals surface area contributed by atoms with Crippen LogP contribution >= 0.6 is 0 Å². The summed E-state index contributed by atoms with van der Waals surface area (Å²) in [6.45, 7) is 0.297. The summed E-state index contributed by atoms with van der Waals surface area (Å²) in [5, 5.41) is 0.791. The quantitative estimate of drug-likeness (QED) is 0.599. The third kappa shape index (κ3) is 4.35. The van der Waals surface area contributed by atoms with Crippen molar-refractivity contribution in [2.45, 2.75) is 13.2 Å². The van der Waals surface area contributed by atoms with Crippen molar-refractivity contribution >= 4 is 22.8 Å². The minimum atomic E-state index is -0.681. The van der Waals surface area contributed by atoms with Crippen LogP contribution in [0.4, 0.5) is 0 Å². The summed E-state index contributed by atoms with van der Waals surface area (Å²) in [6, 6.07) is 16.9. The number of likely N-dealkylation sites (N-methyl/N-ethyl adjacent to an activating group) is 1. The van der Waals surface area contributed by atoms with E-state index in [1.807, 2.05) is 48.5 Å². The molecular weight excluding hydrogens is 346 g/mol. The fraction of sp³-hybridized carbons (Fsp3) is 0.238. The Morgan fingerprint density at radius 1 is 1.04 bits per heavy atom. The van der Waals surface area contributed by atoms with Crippen molar-refractivity contribution in [3.8, 4) is 0 Å². The summed E-state index contributed by atoms with van der Waals surface area (Å²) < 4.78 is 16.0. The molecule has 0 N–H and O–H groups in total. The number of esters is 1. The lowest BCUT2D eigenvalue weighted by atomic mass is 10.1. The summed E-state index contributed by atoms with van der Waals surface area (Å²) >= 11 is 0. The molecule has 27 heavy (non-hydrogen) atoms. The molecule has 0 saturated heterocycles. The molecule has 0 saturated carbocycles. The number of amides is 1. The third-order valence-corrected chi connectivity index (χ3v) is 4.19. The Bertz CT molecular complexity index is 932. The van der Waals surface area contributed by atoms with Crippen LogP contribution in [0.5, 0.6) is 0 Å². The Morgan fingerprint density at radius 2 is 1.74 bits per heavy atom. The molecule has 0 aliphatic heterocycles. The van der Waals surface area contributed by atoms with Crippen molar-refractivity contribution in [1.82, 2.24) is 4.90 Å². The topological polar surface area (TPSA) is 69.0 Å². The normalized spacial score (nSPS) is 10.7. The van der Waals surface area contributed by atoms with E-state index < -0.39 is 5.97 Å². The van der Waals surface area contributed by atoms with E-state index in [0.29, 0.717) is 17.7 Å². The molecule has 0 aliphatic carbocycles. The van der Waals surface area contributed by atoms with Crippen LogP contribution in [0.15, 0.2) is 59.0 Å². The standard InChI is InChI=1S/C21H21NO5/c1-22(12-15-8-4-3-5-9-15)19(23)14-26-21(24)20-17(13-25-2)16-10-6-7-11-18(16)27-20/h3-11H,12-14H2,1-2H3. The maximum Gasteiger partial charge on any atom is 0.375 e. The summed E-state index contributed by atoms with van der Waals surface area (Å²) in [7, 11) is 3.21. The van der Waals surface area contributed by atoms with Gasteiger partial charge in [0.15, 0.2) is 6.61 Å². The van der Waals surface area contributed by atoms with Crippen LogP contribution in [0.1, 0.15) is 21.7 Å². The van der Waals surface area contributed by atoms with Gasteiger partial charge in [0, 0.05) is 31.7 Å². The molecule has 1 amide bonds. The molecule has 0 aliphatic rings. The summed E-state index contributed by atoms with van der Waals surface area (Å²) in [5.74, 6) is -0.909. The van der Waals surface area contributed by atoms with Crippen LogP contribution in [-0.2, 0) is 27.4 Å². The number of ether oxygens (including phenoxy) is 2. The van der Waals surface area contributed by atoms with E-state index in [2.05, 4.69) is 0 Å². The van der Waals surface area contributed by atoms with Gasteiger partial charge in [-0.25, -0.2) is 4.79 Å². The molecule has 0 radical (unpaired) electrons. The van der Waals surface area contributed by atoms with Crippen molar-refractivity contribution < 1.29 is 23.5 Å². The molecule has 0 unspecified atom stereocenters. The van der Waals surface area contributed by atoms with Gasteiger partial charge in [-0.1, -0.05) is 48.5 Å². The molecule has 0 bridgehead atoms. The van der Waals surface area contributed by atoms with Crippen LogP contribution in [-0.4, -0.2) is 37.5 Å². The molecule has 0 spiro atoms. The first-order chi connectivity index (χ1) is 13.1. The molecule has 0 atom stereocenters. The van der Waals surface area contributed by atoms with Crippen LogP contribution < -0.4 is 0 Å². The number of para-hydroxylation sites is 1. The zero-order valence-electron chi connectivity index (χ0n) is 15.3. The number of carbonyl (C=O) groups excluding carboxylic acids is 2. The van der Waals surface area contributed by atoms with E-state index in [1.165, 1.54) is 4.90 Å². The zero-order valence-corrected chi connectivity index (χ0v) is 15.3. The largest absolute Gasteiger partial charge is 0.450 e. The number of furan rings is 1. The summed E-state index contributed by atoms with van der Waals surface area (Å²) in [5.41, 5.74) is 2.19. The highest BCUT2D eigenvalue weighted by molar-refractivity contribution is 5.96. The molecule has 3 rings (SSSR count). The molecule has 6 heteroatoms.